The van der Waals surface area contributed by atoms with Crippen molar-refractivity contribution in [3.05, 3.63) is 29.8 Å². The molecule has 1 saturated carbocycles. The molecule has 21 heavy (non-hydrogen) atoms. The van der Waals surface area contributed by atoms with Crippen molar-refractivity contribution < 1.29 is 4.79 Å². The summed E-state index contributed by atoms with van der Waals surface area (Å²) in [6.45, 7) is 4.98. The summed E-state index contributed by atoms with van der Waals surface area (Å²) in [6, 6.07) is 7.98. The van der Waals surface area contributed by atoms with Gasteiger partial charge in [-0.25, -0.2) is 0 Å². The van der Waals surface area contributed by atoms with Crippen molar-refractivity contribution in [3.63, 3.8) is 0 Å². The third-order valence-corrected chi connectivity index (χ3v) is 4.11. The van der Waals surface area contributed by atoms with Crippen LogP contribution in [0.4, 0.5) is 5.69 Å². The molecule has 0 unspecified atom stereocenters. The Morgan fingerprint density at radius 2 is 1.90 bits per heavy atom. The number of anilines is 1. The first-order valence-electron chi connectivity index (χ1n) is 8.30. The molecule has 0 saturated heterocycles. The second kappa shape index (κ2) is 8.06. The standard InChI is InChI=1S/C18H28N2O/c1-14(2)20-18(21)16-10-7-11-17(12-16)19-13-15-8-5-3-4-6-9-15/h7,10-12,14-15,19H,3-6,8-9,13H2,1-2H3,(H,20,21). The zero-order valence-corrected chi connectivity index (χ0v) is 13.3. The highest BCUT2D eigenvalue weighted by Crippen LogP contribution is 2.23. The Labute approximate surface area is 128 Å². The zero-order valence-electron chi connectivity index (χ0n) is 13.3. The van der Waals surface area contributed by atoms with Gasteiger partial charge in [-0.15, -0.1) is 0 Å². The molecule has 0 aromatic heterocycles. The molecule has 0 radical (unpaired) electrons. The van der Waals surface area contributed by atoms with Crippen LogP contribution in [-0.2, 0) is 0 Å². The van der Waals surface area contributed by atoms with Crippen molar-refractivity contribution in [1.29, 1.82) is 0 Å². The van der Waals surface area contributed by atoms with Gasteiger partial charge in [-0.1, -0.05) is 31.7 Å². The molecule has 0 aliphatic heterocycles. The van der Waals surface area contributed by atoms with E-state index in [0.29, 0.717) is 0 Å². The molecule has 116 valence electrons. The van der Waals surface area contributed by atoms with Crippen molar-refractivity contribution in [2.24, 2.45) is 5.92 Å². The molecular formula is C18H28N2O. The van der Waals surface area contributed by atoms with Gasteiger partial charge in [0, 0.05) is 23.8 Å². The minimum atomic E-state index is 0.00289. The number of nitrogens with one attached hydrogen (secondary N) is 2. The number of benzene rings is 1. The maximum absolute atomic E-state index is 12.0. The van der Waals surface area contributed by atoms with Gasteiger partial charge in [0.15, 0.2) is 0 Å². The Kier molecular flexibility index (Phi) is 6.09. The summed E-state index contributed by atoms with van der Waals surface area (Å²) >= 11 is 0. The van der Waals surface area contributed by atoms with Crippen LogP contribution >= 0.6 is 0 Å². The van der Waals surface area contributed by atoms with E-state index in [1.807, 2.05) is 38.1 Å². The lowest BCUT2D eigenvalue weighted by Crippen LogP contribution is -2.30. The Morgan fingerprint density at radius 1 is 1.19 bits per heavy atom. The van der Waals surface area contributed by atoms with E-state index in [1.165, 1.54) is 38.5 Å². The average molecular weight is 288 g/mol. The molecule has 0 spiro atoms. The van der Waals surface area contributed by atoms with E-state index in [0.717, 1.165) is 23.7 Å². The summed E-state index contributed by atoms with van der Waals surface area (Å²) in [5.74, 6) is 0.781. The molecule has 1 aromatic carbocycles. The van der Waals surface area contributed by atoms with Crippen molar-refractivity contribution in [3.8, 4) is 0 Å². The molecule has 1 aromatic rings. The molecule has 0 bridgehead atoms. The fourth-order valence-corrected chi connectivity index (χ4v) is 2.95. The van der Waals surface area contributed by atoms with Crippen LogP contribution < -0.4 is 10.6 Å². The number of rotatable bonds is 5. The number of hydrogen-bond donors (Lipinski definition) is 2. The van der Waals surface area contributed by atoms with Crippen LogP contribution in [0, 0.1) is 5.92 Å². The maximum atomic E-state index is 12.0. The summed E-state index contributed by atoms with van der Waals surface area (Å²) in [4.78, 5) is 12.0. The minimum Gasteiger partial charge on any atom is -0.385 e. The van der Waals surface area contributed by atoms with Gasteiger partial charge in [-0.05, 0) is 50.8 Å². The van der Waals surface area contributed by atoms with Crippen LogP contribution in [0.15, 0.2) is 24.3 Å². The first-order valence-corrected chi connectivity index (χ1v) is 8.30. The molecular weight excluding hydrogens is 260 g/mol. The zero-order chi connectivity index (χ0) is 15.1. The highest BCUT2D eigenvalue weighted by molar-refractivity contribution is 5.95. The van der Waals surface area contributed by atoms with Gasteiger partial charge in [0.25, 0.3) is 5.91 Å². The largest absolute Gasteiger partial charge is 0.385 e. The predicted molar refractivity (Wildman–Crippen MR) is 88.7 cm³/mol. The number of hydrogen-bond acceptors (Lipinski definition) is 2. The fourth-order valence-electron chi connectivity index (χ4n) is 2.95. The third-order valence-electron chi connectivity index (χ3n) is 4.11. The van der Waals surface area contributed by atoms with Gasteiger partial charge in [-0.2, -0.15) is 0 Å². The first kappa shape index (κ1) is 15.9. The number of amides is 1. The van der Waals surface area contributed by atoms with Crippen molar-refractivity contribution in [2.45, 2.75) is 58.4 Å². The lowest BCUT2D eigenvalue weighted by Gasteiger charge is -2.16. The monoisotopic (exact) mass is 288 g/mol. The van der Waals surface area contributed by atoms with Crippen molar-refractivity contribution >= 4 is 11.6 Å². The molecule has 1 aliphatic rings. The molecule has 1 fully saturated rings. The third kappa shape index (κ3) is 5.41. The summed E-state index contributed by atoms with van der Waals surface area (Å²) in [7, 11) is 0. The molecule has 2 N–H and O–H groups in total. The Bertz CT molecular complexity index is 448. The van der Waals surface area contributed by atoms with E-state index in [-0.39, 0.29) is 11.9 Å². The second-order valence-corrected chi connectivity index (χ2v) is 6.45. The summed E-state index contributed by atoms with van der Waals surface area (Å²) in [6.07, 6.45) is 8.18. The molecule has 2 rings (SSSR count). The molecule has 0 atom stereocenters. The van der Waals surface area contributed by atoms with Crippen LogP contribution in [0.5, 0.6) is 0 Å². The van der Waals surface area contributed by atoms with E-state index in [9.17, 15) is 4.79 Å². The van der Waals surface area contributed by atoms with Crippen molar-refractivity contribution in [2.75, 3.05) is 11.9 Å². The molecule has 1 aliphatic carbocycles. The molecule has 3 heteroatoms. The maximum Gasteiger partial charge on any atom is 0.251 e. The van der Waals surface area contributed by atoms with Crippen LogP contribution in [0.2, 0.25) is 0 Å². The van der Waals surface area contributed by atoms with Crippen LogP contribution in [-0.4, -0.2) is 18.5 Å². The SMILES string of the molecule is CC(C)NC(=O)c1cccc(NCC2CCCCCC2)c1. The van der Waals surface area contributed by atoms with Gasteiger partial charge in [0.2, 0.25) is 0 Å². The summed E-state index contributed by atoms with van der Waals surface area (Å²) < 4.78 is 0. The number of carbonyl (C=O) groups is 1. The van der Waals surface area contributed by atoms with Gasteiger partial charge in [0.1, 0.15) is 0 Å². The Balaban J connectivity index is 1.89. The van der Waals surface area contributed by atoms with Crippen molar-refractivity contribution in [1.82, 2.24) is 5.32 Å². The fraction of sp³-hybridized carbons (Fsp3) is 0.611. The first-order chi connectivity index (χ1) is 10.1. The van der Waals surface area contributed by atoms with Gasteiger partial charge in [-0.3, -0.25) is 4.79 Å². The van der Waals surface area contributed by atoms with Crippen LogP contribution in [0.25, 0.3) is 0 Å². The second-order valence-electron chi connectivity index (χ2n) is 6.45. The van der Waals surface area contributed by atoms with E-state index >= 15 is 0 Å². The Hall–Kier alpha value is -1.51. The molecule has 3 nitrogen and oxygen atoms in total. The normalized spacial score (nSPS) is 16.5. The van der Waals surface area contributed by atoms with Crippen LogP contribution in [0.1, 0.15) is 62.7 Å². The molecule has 0 heterocycles. The highest BCUT2D eigenvalue weighted by atomic mass is 16.1. The lowest BCUT2D eigenvalue weighted by atomic mass is 10.0. The van der Waals surface area contributed by atoms with E-state index in [2.05, 4.69) is 10.6 Å². The van der Waals surface area contributed by atoms with E-state index in [4.69, 9.17) is 0 Å². The summed E-state index contributed by atoms with van der Waals surface area (Å²) in [5, 5.41) is 6.44. The van der Waals surface area contributed by atoms with Gasteiger partial charge in [0.05, 0.1) is 0 Å². The lowest BCUT2D eigenvalue weighted by molar-refractivity contribution is 0.0943. The van der Waals surface area contributed by atoms with E-state index < -0.39 is 0 Å². The summed E-state index contributed by atoms with van der Waals surface area (Å²) in [5.41, 5.74) is 1.78. The smallest absolute Gasteiger partial charge is 0.251 e. The van der Waals surface area contributed by atoms with E-state index in [1.54, 1.807) is 0 Å². The minimum absolute atomic E-state index is 0.00289. The van der Waals surface area contributed by atoms with Crippen LogP contribution in [0.3, 0.4) is 0 Å². The quantitative estimate of drug-likeness (QED) is 0.797. The number of carbonyl (C=O) groups excluding carboxylic acids is 1. The predicted octanol–water partition coefficient (Wildman–Crippen LogP) is 4.21. The Morgan fingerprint density at radius 3 is 2.57 bits per heavy atom. The highest BCUT2D eigenvalue weighted by Gasteiger charge is 2.12. The average Bonchev–Trinajstić information content (AvgIpc) is 2.73. The molecule has 1 amide bonds. The van der Waals surface area contributed by atoms with Gasteiger partial charge < -0.3 is 10.6 Å². The topological polar surface area (TPSA) is 41.1 Å². The van der Waals surface area contributed by atoms with Gasteiger partial charge >= 0.3 is 0 Å².